The number of nitrogens with one attached hydrogen (secondary N) is 1. The van der Waals surface area contributed by atoms with Gasteiger partial charge in [0.1, 0.15) is 11.4 Å². The van der Waals surface area contributed by atoms with Gasteiger partial charge >= 0.3 is 6.09 Å². The van der Waals surface area contributed by atoms with Gasteiger partial charge in [0.2, 0.25) is 0 Å². The Morgan fingerprint density at radius 2 is 1.73 bits per heavy atom. The Morgan fingerprint density at radius 1 is 1.08 bits per heavy atom. The molecule has 1 aromatic rings. The first kappa shape index (κ1) is 19.2. The van der Waals surface area contributed by atoms with Crippen molar-refractivity contribution in [2.75, 3.05) is 6.54 Å². The van der Waals surface area contributed by atoms with E-state index < -0.39 is 5.60 Å². The molecule has 2 fully saturated rings. The number of hydrogen-bond donors (Lipinski definition) is 1. The van der Waals surface area contributed by atoms with Crippen LogP contribution in [0.15, 0.2) is 6.20 Å². The van der Waals surface area contributed by atoms with Gasteiger partial charge < -0.3 is 9.72 Å². The minimum atomic E-state index is -0.458. The second-order valence-electron chi connectivity index (χ2n) is 8.95. The van der Waals surface area contributed by atoms with Gasteiger partial charge in [0, 0.05) is 12.5 Å². The van der Waals surface area contributed by atoms with Gasteiger partial charge in [0.25, 0.3) is 0 Å². The van der Waals surface area contributed by atoms with Gasteiger partial charge in [0.15, 0.2) is 0 Å². The van der Waals surface area contributed by atoms with Crippen molar-refractivity contribution in [1.82, 2.24) is 14.9 Å². The maximum atomic E-state index is 12.5. The van der Waals surface area contributed by atoms with Crippen molar-refractivity contribution in [3.8, 4) is 0 Å². The topological polar surface area (TPSA) is 58.2 Å². The van der Waals surface area contributed by atoms with Gasteiger partial charge in [-0.15, -0.1) is 0 Å². The average Bonchev–Trinajstić information content (AvgIpc) is 3.24. The van der Waals surface area contributed by atoms with E-state index in [9.17, 15) is 4.79 Å². The normalized spacial score (nSPS) is 23.3. The lowest BCUT2D eigenvalue weighted by molar-refractivity contribution is 0.0221. The van der Waals surface area contributed by atoms with E-state index in [0.29, 0.717) is 5.92 Å². The number of carbonyl (C=O) groups excluding carboxylic acids is 1. The van der Waals surface area contributed by atoms with E-state index in [1.54, 1.807) is 0 Å². The van der Waals surface area contributed by atoms with Crippen LogP contribution in [0.25, 0.3) is 0 Å². The molecule has 5 heteroatoms. The highest BCUT2D eigenvalue weighted by atomic mass is 16.6. The number of nitrogens with zero attached hydrogens (tertiary/aromatic N) is 2. The Bertz CT molecular complexity index is 580. The van der Waals surface area contributed by atoms with E-state index in [1.165, 1.54) is 51.4 Å². The molecule has 1 atom stereocenters. The maximum absolute atomic E-state index is 12.5. The SMILES string of the molecule is CC(C)(C)OC(=O)N1CCC[C@H]1c1cnc(C2CCCCCCCC2)[nH]1. The highest BCUT2D eigenvalue weighted by Crippen LogP contribution is 2.34. The molecule has 1 N–H and O–H groups in total. The van der Waals surface area contributed by atoms with Crippen LogP contribution >= 0.6 is 0 Å². The van der Waals surface area contributed by atoms with Crippen molar-refractivity contribution in [1.29, 1.82) is 0 Å². The third-order valence-electron chi connectivity index (χ3n) is 5.60. The van der Waals surface area contributed by atoms with Crippen LogP contribution in [0.5, 0.6) is 0 Å². The summed E-state index contributed by atoms with van der Waals surface area (Å²) in [5.74, 6) is 1.66. The highest BCUT2D eigenvalue weighted by molar-refractivity contribution is 5.69. The Morgan fingerprint density at radius 3 is 2.38 bits per heavy atom. The van der Waals surface area contributed by atoms with E-state index in [1.807, 2.05) is 31.9 Å². The second kappa shape index (κ2) is 8.45. The van der Waals surface area contributed by atoms with Gasteiger partial charge in [-0.3, -0.25) is 4.90 Å². The standard InChI is InChI=1S/C21H35N3O2/c1-21(2,3)26-20(25)24-14-10-13-18(24)17-15-22-19(23-17)16-11-8-6-4-5-7-9-12-16/h15-16,18H,4-14H2,1-3H3,(H,22,23)/t18-/m0/s1. The fourth-order valence-corrected chi connectivity index (χ4v) is 4.26. The van der Waals surface area contributed by atoms with Crippen molar-refractivity contribution in [3.63, 3.8) is 0 Å². The number of aromatic amines is 1. The van der Waals surface area contributed by atoms with Crippen molar-refractivity contribution < 1.29 is 9.53 Å². The third-order valence-corrected chi connectivity index (χ3v) is 5.60. The monoisotopic (exact) mass is 361 g/mol. The lowest BCUT2D eigenvalue weighted by atomic mass is 9.96. The minimum absolute atomic E-state index is 0.0717. The number of aromatic nitrogens is 2. The Hall–Kier alpha value is -1.52. The maximum Gasteiger partial charge on any atom is 0.410 e. The lowest BCUT2D eigenvalue weighted by Gasteiger charge is -2.28. The van der Waals surface area contributed by atoms with E-state index in [0.717, 1.165) is 30.9 Å². The Balaban J connectivity index is 1.68. The van der Waals surface area contributed by atoms with Crippen molar-refractivity contribution >= 4 is 6.09 Å². The number of H-pyrrole nitrogens is 1. The Kier molecular flexibility index (Phi) is 6.25. The smallest absolute Gasteiger partial charge is 0.410 e. The van der Waals surface area contributed by atoms with Crippen LogP contribution < -0.4 is 0 Å². The summed E-state index contributed by atoms with van der Waals surface area (Å²) in [4.78, 5) is 22.7. The number of amides is 1. The van der Waals surface area contributed by atoms with Crippen LogP contribution in [0, 0.1) is 0 Å². The molecule has 0 spiro atoms. The van der Waals surface area contributed by atoms with Crippen LogP contribution in [0.1, 0.15) is 108 Å². The molecule has 1 saturated heterocycles. The summed E-state index contributed by atoms with van der Waals surface area (Å²) in [5.41, 5.74) is 0.615. The highest BCUT2D eigenvalue weighted by Gasteiger charge is 2.34. The molecule has 0 radical (unpaired) electrons. The minimum Gasteiger partial charge on any atom is -0.444 e. The summed E-state index contributed by atoms with van der Waals surface area (Å²) >= 11 is 0. The summed E-state index contributed by atoms with van der Waals surface area (Å²) in [6.07, 6.45) is 14.2. The first-order valence-electron chi connectivity index (χ1n) is 10.5. The second-order valence-corrected chi connectivity index (χ2v) is 8.95. The molecular formula is C21H35N3O2. The van der Waals surface area contributed by atoms with Crippen molar-refractivity contribution in [2.24, 2.45) is 0 Å². The molecule has 26 heavy (non-hydrogen) atoms. The zero-order chi connectivity index (χ0) is 18.6. The van der Waals surface area contributed by atoms with Gasteiger partial charge in [-0.25, -0.2) is 9.78 Å². The number of ether oxygens (including phenoxy) is 1. The van der Waals surface area contributed by atoms with E-state index in [4.69, 9.17) is 9.72 Å². The first-order valence-corrected chi connectivity index (χ1v) is 10.5. The molecule has 1 aromatic heterocycles. The molecule has 146 valence electrons. The summed E-state index contributed by atoms with van der Waals surface area (Å²) in [6.45, 7) is 6.52. The zero-order valence-electron chi connectivity index (χ0n) is 16.7. The predicted molar refractivity (Wildman–Crippen MR) is 103 cm³/mol. The summed E-state index contributed by atoms with van der Waals surface area (Å²) < 4.78 is 5.59. The number of carbonyl (C=O) groups is 1. The fraction of sp³-hybridized carbons (Fsp3) is 0.810. The molecule has 3 rings (SSSR count). The van der Waals surface area contributed by atoms with Gasteiger partial charge in [-0.1, -0.05) is 38.5 Å². The van der Waals surface area contributed by atoms with Crippen LogP contribution in [-0.4, -0.2) is 33.1 Å². The molecule has 1 amide bonds. The molecule has 0 bridgehead atoms. The van der Waals surface area contributed by atoms with Gasteiger partial charge in [-0.05, 0) is 46.5 Å². The van der Waals surface area contributed by atoms with Crippen LogP contribution in [0.2, 0.25) is 0 Å². The van der Waals surface area contributed by atoms with Crippen molar-refractivity contribution in [3.05, 3.63) is 17.7 Å². The fourth-order valence-electron chi connectivity index (χ4n) is 4.26. The molecule has 1 aliphatic heterocycles. The van der Waals surface area contributed by atoms with E-state index in [-0.39, 0.29) is 12.1 Å². The third kappa shape index (κ3) is 5.01. The van der Waals surface area contributed by atoms with Crippen LogP contribution in [-0.2, 0) is 4.74 Å². The molecule has 0 aromatic carbocycles. The zero-order valence-corrected chi connectivity index (χ0v) is 16.7. The quantitative estimate of drug-likeness (QED) is 0.735. The summed E-state index contributed by atoms with van der Waals surface area (Å²) in [6, 6.07) is 0.0717. The van der Waals surface area contributed by atoms with Crippen LogP contribution in [0.3, 0.4) is 0 Å². The molecule has 1 saturated carbocycles. The van der Waals surface area contributed by atoms with Crippen molar-refractivity contribution in [2.45, 2.75) is 103 Å². The van der Waals surface area contributed by atoms with E-state index >= 15 is 0 Å². The van der Waals surface area contributed by atoms with Crippen LogP contribution in [0.4, 0.5) is 4.79 Å². The number of hydrogen-bond acceptors (Lipinski definition) is 3. The first-order chi connectivity index (χ1) is 12.4. The largest absolute Gasteiger partial charge is 0.444 e. The number of rotatable bonds is 2. The molecular weight excluding hydrogens is 326 g/mol. The Labute approximate surface area is 157 Å². The lowest BCUT2D eigenvalue weighted by Crippen LogP contribution is -2.36. The number of likely N-dealkylation sites (tertiary alicyclic amines) is 1. The molecule has 1 aliphatic carbocycles. The van der Waals surface area contributed by atoms with E-state index in [2.05, 4.69) is 4.98 Å². The average molecular weight is 362 g/mol. The molecule has 5 nitrogen and oxygen atoms in total. The van der Waals surface area contributed by atoms with Gasteiger partial charge in [0.05, 0.1) is 17.9 Å². The molecule has 2 heterocycles. The molecule has 2 aliphatic rings. The number of imidazole rings is 1. The molecule has 0 unspecified atom stereocenters. The summed E-state index contributed by atoms with van der Waals surface area (Å²) in [5, 5.41) is 0. The summed E-state index contributed by atoms with van der Waals surface area (Å²) in [7, 11) is 0. The predicted octanol–water partition coefficient (Wildman–Crippen LogP) is 5.70. The van der Waals surface area contributed by atoms with Gasteiger partial charge in [-0.2, -0.15) is 0 Å².